The summed E-state index contributed by atoms with van der Waals surface area (Å²) in [5.74, 6) is 1.63. The van der Waals surface area contributed by atoms with Gasteiger partial charge in [0.05, 0.1) is 5.69 Å². The normalized spacial score (nSPS) is 20.4. The quantitative estimate of drug-likeness (QED) is 0.730. The summed E-state index contributed by atoms with van der Waals surface area (Å²) in [6, 6.07) is 6.47. The van der Waals surface area contributed by atoms with E-state index >= 15 is 0 Å². The number of hydrogen-bond donors (Lipinski definition) is 0. The van der Waals surface area contributed by atoms with Crippen LogP contribution in [0.4, 0.5) is 0 Å². The van der Waals surface area contributed by atoms with E-state index in [1.54, 1.807) is 0 Å². The molecule has 7 heteroatoms. The van der Waals surface area contributed by atoms with Crippen LogP contribution in [-0.4, -0.2) is 59.7 Å². The number of thiazole rings is 1. The number of ether oxygens (including phenoxy) is 2. The minimum absolute atomic E-state index is 0.131. The smallest absolute Gasteiger partial charge is 0.265 e. The molecule has 30 heavy (non-hydrogen) atoms. The Kier molecular flexibility index (Phi) is 5.65. The highest BCUT2D eigenvalue weighted by molar-refractivity contribution is 7.17. The van der Waals surface area contributed by atoms with Crippen LogP contribution in [0, 0.1) is 6.92 Å². The molecular weight excluding hydrogens is 398 g/mol. The molecule has 0 spiro atoms. The van der Waals surface area contributed by atoms with Crippen molar-refractivity contribution < 1.29 is 14.3 Å². The van der Waals surface area contributed by atoms with Crippen LogP contribution in [0.15, 0.2) is 18.2 Å². The lowest BCUT2D eigenvalue weighted by atomic mass is 10.0. The number of likely N-dealkylation sites (tertiary alicyclic amines) is 2. The Hall–Kier alpha value is -2.12. The van der Waals surface area contributed by atoms with E-state index < -0.39 is 0 Å². The van der Waals surface area contributed by atoms with Gasteiger partial charge in [0.15, 0.2) is 11.5 Å². The lowest BCUT2D eigenvalue weighted by Crippen LogP contribution is -2.47. The van der Waals surface area contributed by atoms with E-state index in [1.165, 1.54) is 50.1 Å². The number of rotatable bonds is 3. The van der Waals surface area contributed by atoms with Crippen molar-refractivity contribution in [2.45, 2.75) is 51.5 Å². The Morgan fingerprint density at radius 3 is 2.53 bits per heavy atom. The van der Waals surface area contributed by atoms with E-state index in [9.17, 15) is 4.79 Å². The standard InChI is InChI=1S/C23H29N3O3S/c1-16-21(30-22(24-16)17-6-7-19-20(14-17)29-15-28-19)23(27)26-12-8-18(9-13-26)25-10-4-2-3-5-11-25/h6-7,14,18H,2-5,8-13,15H2,1H3. The molecule has 0 aliphatic carbocycles. The lowest BCUT2D eigenvalue weighted by Gasteiger charge is -2.38. The molecule has 0 unspecified atom stereocenters. The Balaban J connectivity index is 1.26. The van der Waals surface area contributed by atoms with Crippen LogP contribution in [0.1, 0.15) is 53.9 Å². The number of piperidine rings is 1. The van der Waals surface area contributed by atoms with Crippen LogP contribution in [-0.2, 0) is 0 Å². The third-order valence-electron chi connectivity index (χ3n) is 6.52. The molecule has 2 fully saturated rings. The minimum Gasteiger partial charge on any atom is -0.454 e. The average Bonchev–Trinajstić information content (AvgIpc) is 3.30. The molecule has 1 aromatic carbocycles. The number of amides is 1. The second kappa shape index (κ2) is 8.55. The van der Waals surface area contributed by atoms with Gasteiger partial charge >= 0.3 is 0 Å². The Labute approximate surface area is 181 Å². The van der Waals surface area contributed by atoms with Crippen molar-refractivity contribution in [1.29, 1.82) is 0 Å². The number of nitrogens with zero attached hydrogens (tertiary/aromatic N) is 3. The number of carbonyl (C=O) groups excluding carboxylic acids is 1. The Morgan fingerprint density at radius 1 is 1.03 bits per heavy atom. The Bertz CT molecular complexity index is 912. The van der Waals surface area contributed by atoms with E-state index in [2.05, 4.69) is 9.88 Å². The average molecular weight is 428 g/mol. The maximum absolute atomic E-state index is 13.2. The molecule has 6 nitrogen and oxygen atoms in total. The van der Waals surface area contributed by atoms with Crippen LogP contribution >= 0.6 is 11.3 Å². The van der Waals surface area contributed by atoms with Gasteiger partial charge in [0.1, 0.15) is 9.88 Å². The first-order valence-corrected chi connectivity index (χ1v) is 11.9. The highest BCUT2D eigenvalue weighted by Gasteiger charge is 2.29. The molecule has 0 bridgehead atoms. The van der Waals surface area contributed by atoms with Gasteiger partial charge in [0.2, 0.25) is 6.79 Å². The van der Waals surface area contributed by atoms with Gasteiger partial charge in [-0.1, -0.05) is 12.8 Å². The van der Waals surface area contributed by atoms with E-state index in [1.807, 2.05) is 30.0 Å². The third-order valence-corrected chi connectivity index (χ3v) is 7.71. The second-order valence-corrected chi connectivity index (χ2v) is 9.47. The molecule has 2 aromatic rings. The van der Waals surface area contributed by atoms with Gasteiger partial charge in [0, 0.05) is 24.7 Å². The van der Waals surface area contributed by atoms with E-state index in [0.717, 1.165) is 58.6 Å². The maximum Gasteiger partial charge on any atom is 0.265 e. The zero-order valence-electron chi connectivity index (χ0n) is 17.6. The fraction of sp³-hybridized carbons (Fsp3) is 0.565. The summed E-state index contributed by atoms with van der Waals surface area (Å²) in [5, 5.41) is 0.855. The highest BCUT2D eigenvalue weighted by Crippen LogP contribution is 2.38. The number of hydrogen-bond acceptors (Lipinski definition) is 6. The zero-order chi connectivity index (χ0) is 20.5. The summed E-state index contributed by atoms with van der Waals surface area (Å²) in [6.45, 7) is 6.33. The maximum atomic E-state index is 13.2. The molecule has 3 aliphatic rings. The van der Waals surface area contributed by atoms with Gasteiger partial charge in [-0.25, -0.2) is 4.98 Å². The number of benzene rings is 1. The number of aryl methyl sites for hydroxylation is 1. The van der Waals surface area contributed by atoms with Crippen LogP contribution in [0.3, 0.4) is 0 Å². The fourth-order valence-electron chi connectivity index (χ4n) is 4.79. The molecule has 1 aromatic heterocycles. The molecule has 5 rings (SSSR count). The molecular formula is C23H29N3O3S. The predicted octanol–water partition coefficient (Wildman–Crippen LogP) is 4.33. The van der Waals surface area contributed by atoms with Crippen molar-refractivity contribution in [3.8, 4) is 22.1 Å². The van der Waals surface area contributed by atoms with Crippen LogP contribution < -0.4 is 9.47 Å². The SMILES string of the molecule is Cc1nc(-c2ccc3c(c2)OCO3)sc1C(=O)N1CCC(N2CCCCCC2)CC1. The Morgan fingerprint density at radius 2 is 1.77 bits per heavy atom. The number of carbonyl (C=O) groups is 1. The van der Waals surface area contributed by atoms with Crippen molar-refractivity contribution in [3.05, 3.63) is 28.8 Å². The van der Waals surface area contributed by atoms with Crippen molar-refractivity contribution in [2.75, 3.05) is 33.0 Å². The predicted molar refractivity (Wildman–Crippen MR) is 117 cm³/mol. The molecule has 0 radical (unpaired) electrons. The largest absolute Gasteiger partial charge is 0.454 e. The van der Waals surface area contributed by atoms with Crippen LogP contribution in [0.2, 0.25) is 0 Å². The minimum atomic E-state index is 0.131. The van der Waals surface area contributed by atoms with Gasteiger partial charge in [-0.05, 0) is 63.9 Å². The first kappa shape index (κ1) is 19.8. The monoisotopic (exact) mass is 427 g/mol. The summed E-state index contributed by atoms with van der Waals surface area (Å²) in [4.78, 5) is 23.4. The van der Waals surface area contributed by atoms with Crippen LogP contribution in [0.25, 0.3) is 10.6 Å². The molecule has 160 valence electrons. The van der Waals surface area contributed by atoms with Crippen LogP contribution in [0.5, 0.6) is 11.5 Å². The summed E-state index contributed by atoms with van der Waals surface area (Å²) in [5.41, 5.74) is 1.78. The second-order valence-electron chi connectivity index (χ2n) is 8.48. The molecule has 0 atom stereocenters. The van der Waals surface area contributed by atoms with Gasteiger partial charge in [-0.15, -0.1) is 11.3 Å². The van der Waals surface area contributed by atoms with E-state index in [0.29, 0.717) is 6.04 Å². The van der Waals surface area contributed by atoms with Gasteiger partial charge in [-0.2, -0.15) is 0 Å². The first-order chi connectivity index (χ1) is 14.7. The number of aromatic nitrogens is 1. The molecule has 1 amide bonds. The topological polar surface area (TPSA) is 54.9 Å². The number of fused-ring (bicyclic) bond motifs is 1. The fourth-order valence-corrected chi connectivity index (χ4v) is 5.82. The highest BCUT2D eigenvalue weighted by atomic mass is 32.1. The molecule has 4 heterocycles. The summed E-state index contributed by atoms with van der Waals surface area (Å²) >= 11 is 1.48. The third kappa shape index (κ3) is 3.93. The molecule has 0 saturated carbocycles. The van der Waals surface area contributed by atoms with Crippen molar-refractivity contribution >= 4 is 17.2 Å². The van der Waals surface area contributed by atoms with E-state index in [-0.39, 0.29) is 12.7 Å². The van der Waals surface area contributed by atoms with Gasteiger partial charge < -0.3 is 19.3 Å². The van der Waals surface area contributed by atoms with Crippen molar-refractivity contribution in [2.24, 2.45) is 0 Å². The summed E-state index contributed by atoms with van der Waals surface area (Å²) in [6.07, 6.45) is 7.54. The summed E-state index contributed by atoms with van der Waals surface area (Å²) < 4.78 is 10.9. The zero-order valence-corrected chi connectivity index (χ0v) is 18.4. The van der Waals surface area contributed by atoms with Gasteiger partial charge in [-0.3, -0.25) is 4.79 Å². The van der Waals surface area contributed by atoms with E-state index in [4.69, 9.17) is 9.47 Å². The first-order valence-electron chi connectivity index (χ1n) is 11.1. The summed E-state index contributed by atoms with van der Waals surface area (Å²) in [7, 11) is 0. The van der Waals surface area contributed by atoms with Crippen molar-refractivity contribution in [1.82, 2.24) is 14.8 Å². The molecule has 3 aliphatic heterocycles. The molecule has 2 saturated heterocycles. The molecule has 0 N–H and O–H groups in total. The lowest BCUT2D eigenvalue weighted by molar-refractivity contribution is 0.0626. The van der Waals surface area contributed by atoms with Gasteiger partial charge in [0.25, 0.3) is 5.91 Å². The van der Waals surface area contributed by atoms with Crippen molar-refractivity contribution in [3.63, 3.8) is 0 Å².